The molecule has 1 amide bonds. The van der Waals surface area contributed by atoms with Crippen LogP contribution in [0.25, 0.3) is 0 Å². The van der Waals surface area contributed by atoms with Crippen molar-refractivity contribution < 1.29 is 9.53 Å². The number of nitrogens with one attached hydrogen (secondary N) is 1. The predicted molar refractivity (Wildman–Crippen MR) is 93.5 cm³/mol. The Morgan fingerprint density at radius 1 is 1.26 bits per heavy atom. The number of rotatable bonds is 8. The van der Waals surface area contributed by atoms with Crippen LogP contribution in [0.4, 0.5) is 0 Å². The number of para-hydroxylation sites is 1. The molecule has 2 rings (SSSR count). The van der Waals surface area contributed by atoms with Gasteiger partial charge in [-0.25, -0.2) is 0 Å². The van der Waals surface area contributed by atoms with Gasteiger partial charge in [0, 0.05) is 13.0 Å². The number of nitrogens with two attached hydrogens (primary N) is 1. The first-order valence-electron chi connectivity index (χ1n) is 8.86. The predicted octanol–water partition coefficient (Wildman–Crippen LogP) is 3.04. The maximum absolute atomic E-state index is 12.3. The first kappa shape index (κ1) is 17.8. The van der Waals surface area contributed by atoms with E-state index in [4.69, 9.17) is 10.5 Å². The van der Waals surface area contributed by atoms with Crippen molar-refractivity contribution in [3.63, 3.8) is 0 Å². The van der Waals surface area contributed by atoms with Gasteiger partial charge in [0.05, 0.1) is 6.61 Å². The molecule has 1 aromatic rings. The van der Waals surface area contributed by atoms with Gasteiger partial charge in [0.1, 0.15) is 5.75 Å². The second-order valence-electron chi connectivity index (χ2n) is 6.58. The van der Waals surface area contributed by atoms with Gasteiger partial charge in [-0.15, -0.1) is 0 Å². The lowest BCUT2D eigenvalue weighted by Gasteiger charge is -2.35. The van der Waals surface area contributed by atoms with Crippen LogP contribution < -0.4 is 15.8 Å². The molecule has 0 spiro atoms. The van der Waals surface area contributed by atoms with Crippen LogP contribution in [0.5, 0.6) is 5.75 Å². The maximum atomic E-state index is 12.3. The molecule has 0 bridgehead atoms. The van der Waals surface area contributed by atoms with Gasteiger partial charge in [-0.1, -0.05) is 37.5 Å². The molecular formula is C19H30N2O2. The van der Waals surface area contributed by atoms with Crippen LogP contribution in [-0.4, -0.2) is 25.6 Å². The van der Waals surface area contributed by atoms with Crippen LogP contribution in [0.15, 0.2) is 24.3 Å². The molecule has 4 heteroatoms. The Kier molecular flexibility index (Phi) is 6.90. The van der Waals surface area contributed by atoms with Gasteiger partial charge < -0.3 is 15.8 Å². The Morgan fingerprint density at radius 2 is 2.00 bits per heavy atom. The summed E-state index contributed by atoms with van der Waals surface area (Å²) >= 11 is 0. The van der Waals surface area contributed by atoms with Crippen molar-refractivity contribution in [2.75, 3.05) is 19.7 Å². The first-order valence-corrected chi connectivity index (χ1v) is 8.86. The number of carbonyl (C=O) groups excluding carboxylic acids is 1. The standard InChI is InChI=1S/C19H30N2O2/c1-2-23-17-9-5-4-8-16(17)10-13-21-18(22)14-19(15-20)11-6-3-7-12-19/h4-5,8-9H,2-3,6-7,10-15,20H2,1H3,(H,21,22). The third kappa shape index (κ3) is 5.24. The molecule has 0 saturated heterocycles. The maximum Gasteiger partial charge on any atom is 0.220 e. The number of benzene rings is 1. The summed E-state index contributed by atoms with van der Waals surface area (Å²) < 4.78 is 5.62. The number of hydrogen-bond acceptors (Lipinski definition) is 3. The fourth-order valence-corrected chi connectivity index (χ4v) is 3.50. The van der Waals surface area contributed by atoms with Crippen LogP contribution in [0.3, 0.4) is 0 Å². The highest BCUT2D eigenvalue weighted by atomic mass is 16.5. The highest BCUT2D eigenvalue weighted by molar-refractivity contribution is 5.76. The molecule has 1 saturated carbocycles. The molecule has 128 valence electrons. The van der Waals surface area contributed by atoms with Gasteiger partial charge in [-0.2, -0.15) is 0 Å². The molecule has 0 aliphatic heterocycles. The second-order valence-corrected chi connectivity index (χ2v) is 6.58. The normalized spacial score (nSPS) is 16.8. The monoisotopic (exact) mass is 318 g/mol. The minimum atomic E-state index is 0.0333. The highest BCUT2D eigenvalue weighted by Gasteiger charge is 2.32. The fraction of sp³-hybridized carbons (Fsp3) is 0.632. The topological polar surface area (TPSA) is 64.3 Å². The Labute approximate surface area is 139 Å². The van der Waals surface area contributed by atoms with Gasteiger partial charge in [0.15, 0.2) is 0 Å². The van der Waals surface area contributed by atoms with E-state index in [0.717, 1.165) is 30.6 Å². The molecule has 0 aromatic heterocycles. The van der Waals surface area contributed by atoms with Gasteiger partial charge in [0.2, 0.25) is 5.91 Å². The van der Waals surface area contributed by atoms with E-state index in [1.807, 2.05) is 25.1 Å². The van der Waals surface area contributed by atoms with Crippen LogP contribution in [0, 0.1) is 5.41 Å². The Bertz CT molecular complexity index is 496. The van der Waals surface area contributed by atoms with E-state index in [2.05, 4.69) is 11.4 Å². The molecule has 3 N–H and O–H groups in total. The lowest BCUT2D eigenvalue weighted by molar-refractivity contribution is -0.123. The average Bonchev–Trinajstić information content (AvgIpc) is 2.57. The van der Waals surface area contributed by atoms with Crippen molar-refractivity contribution in [1.82, 2.24) is 5.32 Å². The van der Waals surface area contributed by atoms with E-state index in [-0.39, 0.29) is 11.3 Å². The summed E-state index contributed by atoms with van der Waals surface area (Å²) in [6.45, 7) is 3.90. The summed E-state index contributed by atoms with van der Waals surface area (Å²) in [5.41, 5.74) is 7.14. The lowest BCUT2D eigenvalue weighted by Crippen LogP contribution is -2.39. The van der Waals surface area contributed by atoms with E-state index in [9.17, 15) is 4.79 Å². The molecule has 0 atom stereocenters. The summed E-state index contributed by atoms with van der Waals surface area (Å²) in [6, 6.07) is 8.01. The molecule has 0 unspecified atom stereocenters. The molecule has 1 aliphatic rings. The zero-order valence-electron chi connectivity index (χ0n) is 14.3. The van der Waals surface area contributed by atoms with Gasteiger partial charge in [-0.3, -0.25) is 4.79 Å². The van der Waals surface area contributed by atoms with Crippen molar-refractivity contribution in [1.29, 1.82) is 0 Å². The largest absolute Gasteiger partial charge is 0.494 e. The van der Waals surface area contributed by atoms with Gasteiger partial charge >= 0.3 is 0 Å². The smallest absolute Gasteiger partial charge is 0.220 e. The minimum absolute atomic E-state index is 0.0333. The van der Waals surface area contributed by atoms with Crippen molar-refractivity contribution >= 4 is 5.91 Å². The summed E-state index contributed by atoms with van der Waals surface area (Å²) in [5.74, 6) is 1.04. The first-order chi connectivity index (χ1) is 11.2. The Hall–Kier alpha value is -1.55. The molecule has 1 fully saturated rings. The lowest BCUT2D eigenvalue weighted by atomic mass is 9.71. The van der Waals surface area contributed by atoms with E-state index in [1.165, 1.54) is 19.3 Å². The van der Waals surface area contributed by atoms with E-state index in [1.54, 1.807) is 0 Å². The van der Waals surface area contributed by atoms with Crippen molar-refractivity contribution in [3.8, 4) is 5.75 Å². The average molecular weight is 318 g/mol. The molecule has 4 nitrogen and oxygen atoms in total. The van der Waals surface area contributed by atoms with Crippen LogP contribution in [0.2, 0.25) is 0 Å². The molecular weight excluding hydrogens is 288 g/mol. The van der Waals surface area contributed by atoms with Crippen molar-refractivity contribution in [2.24, 2.45) is 11.1 Å². The minimum Gasteiger partial charge on any atom is -0.494 e. The van der Waals surface area contributed by atoms with E-state index >= 15 is 0 Å². The van der Waals surface area contributed by atoms with E-state index < -0.39 is 0 Å². The highest BCUT2D eigenvalue weighted by Crippen LogP contribution is 2.38. The summed E-state index contributed by atoms with van der Waals surface area (Å²) in [4.78, 5) is 12.3. The van der Waals surface area contributed by atoms with Gasteiger partial charge in [-0.05, 0) is 49.8 Å². The second kappa shape index (κ2) is 8.92. The molecule has 1 aliphatic carbocycles. The summed E-state index contributed by atoms with van der Waals surface area (Å²) in [6.07, 6.45) is 7.21. The van der Waals surface area contributed by atoms with Crippen LogP contribution in [-0.2, 0) is 11.2 Å². The quantitative estimate of drug-likeness (QED) is 0.774. The molecule has 0 heterocycles. The number of ether oxygens (including phenoxy) is 1. The van der Waals surface area contributed by atoms with Crippen molar-refractivity contribution in [3.05, 3.63) is 29.8 Å². The SMILES string of the molecule is CCOc1ccccc1CCNC(=O)CC1(CN)CCCCC1. The number of carbonyl (C=O) groups is 1. The Balaban J connectivity index is 1.80. The zero-order valence-corrected chi connectivity index (χ0v) is 14.3. The summed E-state index contributed by atoms with van der Waals surface area (Å²) in [5, 5.41) is 3.06. The zero-order chi connectivity index (χ0) is 16.5. The Morgan fingerprint density at radius 3 is 2.70 bits per heavy atom. The van der Waals surface area contributed by atoms with Crippen molar-refractivity contribution in [2.45, 2.75) is 51.9 Å². The third-order valence-electron chi connectivity index (χ3n) is 4.87. The van der Waals surface area contributed by atoms with Crippen LogP contribution in [0.1, 0.15) is 51.0 Å². The third-order valence-corrected chi connectivity index (χ3v) is 4.87. The van der Waals surface area contributed by atoms with E-state index in [0.29, 0.717) is 26.1 Å². The van der Waals surface area contributed by atoms with Gasteiger partial charge in [0.25, 0.3) is 0 Å². The number of hydrogen-bond donors (Lipinski definition) is 2. The number of amides is 1. The summed E-state index contributed by atoms with van der Waals surface area (Å²) in [7, 11) is 0. The van der Waals surface area contributed by atoms with Crippen LogP contribution >= 0.6 is 0 Å². The fourth-order valence-electron chi connectivity index (χ4n) is 3.50. The molecule has 23 heavy (non-hydrogen) atoms. The molecule has 0 radical (unpaired) electrons. The molecule has 1 aromatic carbocycles.